The van der Waals surface area contributed by atoms with Crippen LogP contribution in [0.3, 0.4) is 0 Å². The van der Waals surface area contributed by atoms with Gasteiger partial charge < -0.3 is 19.7 Å². The van der Waals surface area contributed by atoms with E-state index in [1.165, 1.54) is 11.1 Å². The predicted molar refractivity (Wildman–Crippen MR) is 162 cm³/mol. The molecule has 5 rings (SSSR count). The van der Waals surface area contributed by atoms with E-state index < -0.39 is 11.7 Å². The number of nitrogens with zero attached hydrogens (tertiary/aromatic N) is 4. The van der Waals surface area contributed by atoms with Crippen molar-refractivity contribution in [3.8, 4) is 11.1 Å². The van der Waals surface area contributed by atoms with Crippen molar-refractivity contribution in [1.82, 2.24) is 9.55 Å². The van der Waals surface area contributed by atoms with E-state index in [0.29, 0.717) is 17.9 Å². The number of anilines is 3. The van der Waals surface area contributed by atoms with Gasteiger partial charge in [-0.3, -0.25) is 9.59 Å². The van der Waals surface area contributed by atoms with E-state index in [-0.39, 0.29) is 0 Å². The van der Waals surface area contributed by atoms with E-state index in [9.17, 15) is 9.59 Å². The van der Waals surface area contributed by atoms with Gasteiger partial charge in [0.15, 0.2) is 0 Å². The monoisotopic (exact) mass is 535 g/mol. The molecule has 0 bridgehead atoms. The predicted octanol–water partition coefficient (Wildman–Crippen LogP) is 6.03. The second-order valence-corrected chi connectivity index (χ2v) is 10.4. The van der Waals surface area contributed by atoms with Crippen molar-refractivity contribution >= 4 is 28.9 Å². The highest BCUT2D eigenvalue weighted by Gasteiger charge is 2.26. The van der Waals surface area contributed by atoms with Gasteiger partial charge in [-0.2, -0.15) is 0 Å². The molecule has 1 aliphatic heterocycles. The highest BCUT2D eigenvalue weighted by Crippen LogP contribution is 2.29. The Balaban J connectivity index is 1.27. The highest BCUT2D eigenvalue weighted by molar-refractivity contribution is 6.47. The third kappa shape index (κ3) is 5.50. The third-order valence-electron chi connectivity index (χ3n) is 7.78. The summed E-state index contributed by atoms with van der Waals surface area (Å²) in [5.41, 5.74) is 7.31. The van der Waals surface area contributed by atoms with Crippen LogP contribution >= 0.6 is 0 Å². The van der Waals surface area contributed by atoms with Crippen molar-refractivity contribution < 1.29 is 9.59 Å². The van der Waals surface area contributed by atoms with Gasteiger partial charge in [-0.15, -0.1) is 0 Å². The van der Waals surface area contributed by atoms with Gasteiger partial charge in [0.25, 0.3) is 11.7 Å². The summed E-state index contributed by atoms with van der Waals surface area (Å²) >= 11 is 0. The summed E-state index contributed by atoms with van der Waals surface area (Å²) in [5.74, 6) is -0.0891. The van der Waals surface area contributed by atoms with Gasteiger partial charge in [0.05, 0.1) is 0 Å². The van der Waals surface area contributed by atoms with Crippen molar-refractivity contribution in [2.24, 2.45) is 0 Å². The maximum absolute atomic E-state index is 13.5. The lowest BCUT2D eigenvalue weighted by atomic mass is 10.0. The zero-order chi connectivity index (χ0) is 28.2. The molecule has 0 spiro atoms. The highest BCUT2D eigenvalue weighted by atomic mass is 16.2. The lowest BCUT2D eigenvalue weighted by Crippen LogP contribution is -2.47. The maximum atomic E-state index is 13.5. The first-order chi connectivity index (χ1) is 19.4. The van der Waals surface area contributed by atoms with Crippen LogP contribution in [0.5, 0.6) is 0 Å². The number of nitrogens with one attached hydrogen (secondary N) is 1. The number of ketones is 1. The molecule has 0 radical (unpaired) electrons. The van der Waals surface area contributed by atoms with Crippen molar-refractivity contribution in [1.29, 1.82) is 0 Å². The molecule has 1 amide bonds. The van der Waals surface area contributed by atoms with Gasteiger partial charge >= 0.3 is 0 Å². The summed E-state index contributed by atoms with van der Waals surface area (Å²) in [6.45, 7) is 12.5. The average molecular weight is 536 g/mol. The number of pyridine rings is 1. The summed E-state index contributed by atoms with van der Waals surface area (Å²) in [6.07, 6.45) is 2.75. The van der Waals surface area contributed by atoms with Crippen LogP contribution in [0, 0.1) is 20.8 Å². The number of piperazine rings is 1. The number of amides is 1. The molecule has 1 saturated heterocycles. The number of Topliss-reactive ketones (excluding diaryl/α,β-unsaturated/α-hetero) is 1. The quantitative estimate of drug-likeness (QED) is 0.220. The number of carbonyl (C=O) groups excluding carboxylic acids is 2. The molecule has 4 aromatic rings. The van der Waals surface area contributed by atoms with Crippen molar-refractivity contribution in [3.63, 3.8) is 0 Å². The summed E-state index contributed by atoms with van der Waals surface area (Å²) in [6, 6.07) is 21.6. The minimum atomic E-state index is -0.630. The summed E-state index contributed by atoms with van der Waals surface area (Å²) in [7, 11) is 0. The van der Waals surface area contributed by atoms with E-state index >= 15 is 0 Å². The molecule has 2 aromatic heterocycles. The zero-order valence-electron chi connectivity index (χ0n) is 23.8. The molecule has 2 aromatic carbocycles. The lowest BCUT2D eigenvalue weighted by Gasteiger charge is -2.37. The van der Waals surface area contributed by atoms with Crippen LogP contribution in [0.25, 0.3) is 11.1 Å². The Kier molecular flexibility index (Phi) is 8.01. The van der Waals surface area contributed by atoms with Gasteiger partial charge in [-0.1, -0.05) is 37.3 Å². The molecule has 206 valence electrons. The number of carbonyl (C=O) groups is 2. The summed E-state index contributed by atoms with van der Waals surface area (Å²) in [4.78, 5) is 36.0. The molecule has 1 fully saturated rings. The molecule has 0 aliphatic carbocycles. The van der Waals surface area contributed by atoms with Crippen LogP contribution in [0.2, 0.25) is 0 Å². The van der Waals surface area contributed by atoms with Gasteiger partial charge in [0.2, 0.25) is 0 Å². The minimum absolute atomic E-state index is 0.441. The smallest absolute Gasteiger partial charge is 0.298 e. The topological polar surface area (TPSA) is 70.5 Å². The molecule has 1 N–H and O–H groups in total. The Hall–Kier alpha value is -4.39. The largest absolute Gasteiger partial charge is 0.368 e. The number of aromatic nitrogens is 2. The second-order valence-electron chi connectivity index (χ2n) is 10.4. The zero-order valence-corrected chi connectivity index (χ0v) is 23.8. The van der Waals surface area contributed by atoms with Gasteiger partial charge in [0, 0.05) is 61.6 Å². The molecule has 0 saturated carbocycles. The fourth-order valence-corrected chi connectivity index (χ4v) is 5.44. The van der Waals surface area contributed by atoms with E-state index in [0.717, 1.165) is 60.9 Å². The number of hydrogen-bond acceptors (Lipinski definition) is 5. The normalized spacial score (nSPS) is 13.4. The third-order valence-corrected chi connectivity index (χ3v) is 7.78. The first-order valence-electron chi connectivity index (χ1n) is 14.0. The van der Waals surface area contributed by atoms with Crippen LogP contribution in [0.1, 0.15) is 40.7 Å². The molecular weight excluding hydrogens is 498 g/mol. The van der Waals surface area contributed by atoms with Gasteiger partial charge in [-0.25, -0.2) is 4.98 Å². The van der Waals surface area contributed by atoms with E-state index in [1.807, 2.05) is 78.4 Å². The Bertz CT molecular complexity index is 1500. The Morgan fingerprint density at radius 3 is 2.23 bits per heavy atom. The van der Waals surface area contributed by atoms with Gasteiger partial charge in [0.1, 0.15) is 11.5 Å². The molecule has 0 atom stereocenters. The van der Waals surface area contributed by atoms with Gasteiger partial charge in [-0.05, 0) is 80.3 Å². The maximum Gasteiger partial charge on any atom is 0.298 e. The Labute approximate surface area is 236 Å². The lowest BCUT2D eigenvalue weighted by molar-refractivity contribution is -0.112. The molecular formula is C33H37N5O2. The van der Waals surface area contributed by atoms with Crippen molar-refractivity contribution in [2.75, 3.05) is 41.3 Å². The summed E-state index contributed by atoms with van der Waals surface area (Å²) < 4.78 is 1.96. The fraction of sp³-hybridized carbons (Fsp3) is 0.303. The first kappa shape index (κ1) is 27.2. The second kappa shape index (κ2) is 11.8. The standard InChI is InChI=1S/C33H37N5O2/c1-5-17-38-24(3)22-29(26-9-7-6-8-10-26)30(38)31(39)33(40)35-27-11-13-28(14-12-27)36-18-20-37(21-19-36)32-25(4)23(2)15-16-34-32/h6-16,22H,5,17-21H2,1-4H3,(H,35,40). The number of benzene rings is 2. The number of hydrogen-bond donors (Lipinski definition) is 1. The van der Waals surface area contributed by atoms with Crippen molar-refractivity contribution in [2.45, 2.75) is 40.7 Å². The molecule has 7 heteroatoms. The van der Waals surface area contributed by atoms with Crippen LogP contribution in [0.15, 0.2) is 72.9 Å². The Morgan fingerprint density at radius 1 is 0.875 bits per heavy atom. The van der Waals surface area contributed by atoms with Crippen molar-refractivity contribution in [3.05, 3.63) is 95.4 Å². The van der Waals surface area contributed by atoms with E-state index in [4.69, 9.17) is 0 Å². The molecule has 1 aliphatic rings. The van der Waals surface area contributed by atoms with Crippen LogP contribution in [-0.4, -0.2) is 47.4 Å². The molecule has 7 nitrogen and oxygen atoms in total. The van der Waals surface area contributed by atoms with Crippen LogP contribution in [-0.2, 0) is 11.3 Å². The average Bonchev–Trinajstić information content (AvgIpc) is 3.31. The summed E-state index contributed by atoms with van der Waals surface area (Å²) in [5, 5.41) is 2.83. The van der Waals surface area contributed by atoms with E-state index in [2.05, 4.69) is 46.9 Å². The molecule has 3 heterocycles. The first-order valence-corrected chi connectivity index (χ1v) is 14.0. The SMILES string of the molecule is CCCn1c(C)cc(-c2ccccc2)c1C(=O)C(=O)Nc1ccc(N2CCN(c3nccc(C)c3C)CC2)cc1. The fourth-order valence-electron chi connectivity index (χ4n) is 5.44. The molecule has 40 heavy (non-hydrogen) atoms. The number of rotatable bonds is 8. The number of aryl methyl sites for hydroxylation is 2. The minimum Gasteiger partial charge on any atom is -0.368 e. The van der Waals surface area contributed by atoms with Crippen LogP contribution in [0.4, 0.5) is 17.2 Å². The Morgan fingerprint density at radius 2 is 1.55 bits per heavy atom. The molecule has 0 unspecified atom stereocenters. The van der Waals surface area contributed by atoms with E-state index in [1.54, 1.807) is 0 Å². The van der Waals surface area contributed by atoms with Crippen LogP contribution < -0.4 is 15.1 Å².